The molecule has 0 saturated carbocycles. The van der Waals surface area contributed by atoms with E-state index in [0.29, 0.717) is 31.1 Å². The topological polar surface area (TPSA) is 81.2 Å². The first-order valence-corrected chi connectivity index (χ1v) is 9.44. The van der Waals surface area contributed by atoms with Gasteiger partial charge in [0.25, 0.3) is 11.5 Å². The Labute approximate surface area is 161 Å². The molecule has 2 aliphatic rings. The number of fused-ring (bicyclic) bond motifs is 4. The molecule has 0 radical (unpaired) electrons. The van der Waals surface area contributed by atoms with E-state index < -0.39 is 0 Å². The maximum atomic E-state index is 12.9. The number of pyridine rings is 2. The molecule has 0 unspecified atom stereocenters. The minimum Gasteiger partial charge on any atom is -0.438 e. The van der Waals surface area contributed by atoms with Crippen LogP contribution in [0.4, 0.5) is 0 Å². The monoisotopic (exact) mass is 376 g/mol. The number of oxazole rings is 1. The second-order valence-electron chi connectivity index (χ2n) is 7.64. The smallest absolute Gasteiger partial charge is 0.291 e. The molecule has 142 valence electrons. The normalized spacial score (nSPS) is 20.7. The maximum Gasteiger partial charge on any atom is 0.291 e. The van der Waals surface area contributed by atoms with Crippen molar-refractivity contribution in [1.82, 2.24) is 19.4 Å². The summed E-state index contributed by atoms with van der Waals surface area (Å²) in [4.78, 5) is 35.7. The van der Waals surface area contributed by atoms with Crippen LogP contribution in [0.5, 0.6) is 0 Å². The zero-order valence-corrected chi connectivity index (χ0v) is 15.5. The molecule has 3 aromatic heterocycles. The Morgan fingerprint density at radius 2 is 2.11 bits per heavy atom. The zero-order chi connectivity index (χ0) is 19.3. The molecular weight excluding hydrogens is 356 g/mol. The molecule has 1 amide bonds. The van der Waals surface area contributed by atoms with Crippen LogP contribution in [0.2, 0.25) is 0 Å². The van der Waals surface area contributed by atoms with Gasteiger partial charge in [-0.3, -0.25) is 14.6 Å². The number of carbonyl (C=O) groups is 1. The van der Waals surface area contributed by atoms with Gasteiger partial charge in [-0.1, -0.05) is 6.07 Å². The van der Waals surface area contributed by atoms with E-state index >= 15 is 0 Å². The SMILES string of the molecule is Cc1ncoc1C(=O)N1C[C@@H]2C[C@H](C1)c1cc(-c3cccnc3)cc(=O)n1C2. The summed E-state index contributed by atoms with van der Waals surface area (Å²) in [7, 11) is 0. The van der Waals surface area contributed by atoms with E-state index in [0.717, 1.165) is 23.2 Å². The van der Waals surface area contributed by atoms with Gasteiger partial charge >= 0.3 is 0 Å². The number of hydrogen-bond acceptors (Lipinski definition) is 5. The molecule has 28 heavy (non-hydrogen) atoms. The van der Waals surface area contributed by atoms with Crippen LogP contribution >= 0.6 is 0 Å². The molecule has 7 nitrogen and oxygen atoms in total. The van der Waals surface area contributed by atoms with Crippen molar-refractivity contribution in [2.24, 2.45) is 5.92 Å². The predicted molar refractivity (Wildman–Crippen MR) is 102 cm³/mol. The first kappa shape index (κ1) is 16.9. The molecule has 0 aromatic carbocycles. The fourth-order valence-corrected chi connectivity index (χ4v) is 4.48. The van der Waals surface area contributed by atoms with Gasteiger partial charge in [-0.2, -0.15) is 0 Å². The zero-order valence-electron chi connectivity index (χ0n) is 15.5. The summed E-state index contributed by atoms with van der Waals surface area (Å²) >= 11 is 0. The average molecular weight is 376 g/mol. The summed E-state index contributed by atoms with van der Waals surface area (Å²) in [6.45, 7) is 3.62. The minimum absolute atomic E-state index is 0.0110. The van der Waals surface area contributed by atoms with Crippen LogP contribution in [0.3, 0.4) is 0 Å². The fourth-order valence-electron chi connectivity index (χ4n) is 4.48. The lowest BCUT2D eigenvalue weighted by Gasteiger charge is -2.42. The highest BCUT2D eigenvalue weighted by atomic mass is 16.3. The van der Waals surface area contributed by atoms with Crippen molar-refractivity contribution in [2.45, 2.75) is 25.8 Å². The van der Waals surface area contributed by atoms with Crippen molar-refractivity contribution in [3.63, 3.8) is 0 Å². The molecule has 2 atom stereocenters. The Balaban J connectivity index is 1.50. The van der Waals surface area contributed by atoms with Crippen LogP contribution in [0.15, 0.2) is 52.3 Å². The third-order valence-corrected chi connectivity index (χ3v) is 5.78. The van der Waals surface area contributed by atoms with Crippen molar-refractivity contribution in [3.05, 3.63) is 70.6 Å². The van der Waals surface area contributed by atoms with Gasteiger partial charge in [-0.25, -0.2) is 4.98 Å². The number of aromatic nitrogens is 3. The summed E-state index contributed by atoms with van der Waals surface area (Å²) in [5, 5.41) is 0. The van der Waals surface area contributed by atoms with E-state index in [-0.39, 0.29) is 23.3 Å². The first-order valence-electron chi connectivity index (χ1n) is 9.44. The molecular formula is C21H20N4O3. The van der Waals surface area contributed by atoms with Gasteiger partial charge in [0.2, 0.25) is 5.76 Å². The molecule has 2 bridgehead atoms. The van der Waals surface area contributed by atoms with Gasteiger partial charge in [0.1, 0.15) is 0 Å². The third kappa shape index (κ3) is 2.74. The summed E-state index contributed by atoms with van der Waals surface area (Å²) in [5.74, 6) is 0.578. The minimum atomic E-state index is -0.121. The van der Waals surface area contributed by atoms with Crippen molar-refractivity contribution in [3.8, 4) is 11.1 Å². The molecule has 7 heteroatoms. The van der Waals surface area contributed by atoms with Crippen molar-refractivity contribution >= 4 is 5.91 Å². The number of piperidine rings is 1. The number of hydrogen-bond donors (Lipinski definition) is 0. The Kier molecular flexibility index (Phi) is 3.89. The van der Waals surface area contributed by atoms with Crippen molar-refractivity contribution in [1.29, 1.82) is 0 Å². The molecule has 1 saturated heterocycles. The predicted octanol–water partition coefficient (Wildman–Crippen LogP) is 2.47. The van der Waals surface area contributed by atoms with Crippen LogP contribution < -0.4 is 5.56 Å². The molecule has 0 N–H and O–H groups in total. The molecule has 2 aliphatic heterocycles. The highest BCUT2D eigenvalue weighted by Crippen LogP contribution is 2.37. The van der Waals surface area contributed by atoms with E-state index in [1.54, 1.807) is 25.4 Å². The highest BCUT2D eigenvalue weighted by Gasteiger charge is 2.37. The number of nitrogens with zero attached hydrogens (tertiary/aromatic N) is 4. The lowest BCUT2D eigenvalue weighted by molar-refractivity contribution is 0.0563. The lowest BCUT2D eigenvalue weighted by Crippen LogP contribution is -2.49. The van der Waals surface area contributed by atoms with Crippen molar-refractivity contribution < 1.29 is 9.21 Å². The highest BCUT2D eigenvalue weighted by molar-refractivity contribution is 5.92. The van der Waals surface area contributed by atoms with Gasteiger partial charge in [-0.05, 0) is 37.0 Å². The molecule has 3 aromatic rings. The van der Waals surface area contributed by atoms with Gasteiger partial charge < -0.3 is 13.9 Å². The van der Waals surface area contributed by atoms with Crippen LogP contribution in [0, 0.1) is 12.8 Å². The van der Waals surface area contributed by atoms with Gasteiger partial charge in [-0.15, -0.1) is 0 Å². The standard InChI is InChI=1S/C21H20N4O3/c1-13-20(28-12-23-13)21(27)24-9-14-5-17(11-24)18-6-16(7-19(26)25(18)10-14)15-3-2-4-22-8-15/h2-4,6-8,12,14,17H,5,9-11H2,1H3/t14-,17+/m0/s1. The Morgan fingerprint density at radius 3 is 2.86 bits per heavy atom. The van der Waals surface area contributed by atoms with E-state index in [2.05, 4.69) is 16.0 Å². The average Bonchev–Trinajstić information content (AvgIpc) is 3.14. The second kappa shape index (κ2) is 6.44. The Bertz CT molecular complexity index is 1100. The van der Waals surface area contributed by atoms with Crippen molar-refractivity contribution in [2.75, 3.05) is 13.1 Å². The fraction of sp³-hybridized carbons (Fsp3) is 0.333. The van der Waals surface area contributed by atoms with E-state index in [4.69, 9.17) is 4.42 Å². The van der Waals surface area contributed by atoms with Gasteiger partial charge in [0.05, 0.1) is 5.69 Å². The number of carbonyl (C=O) groups excluding carboxylic acids is 1. The number of aryl methyl sites for hydroxylation is 1. The number of rotatable bonds is 2. The summed E-state index contributed by atoms with van der Waals surface area (Å²) in [5.41, 5.74) is 3.41. The lowest BCUT2D eigenvalue weighted by atomic mass is 9.82. The number of amides is 1. The van der Waals surface area contributed by atoms with Crippen LogP contribution in [0.25, 0.3) is 11.1 Å². The Hall–Kier alpha value is -3.22. The van der Waals surface area contributed by atoms with Crippen LogP contribution in [0.1, 0.15) is 34.3 Å². The first-order chi connectivity index (χ1) is 13.6. The van der Waals surface area contributed by atoms with E-state index in [1.807, 2.05) is 21.6 Å². The Morgan fingerprint density at radius 1 is 1.21 bits per heavy atom. The summed E-state index contributed by atoms with van der Waals surface area (Å²) in [6.07, 6.45) is 5.77. The molecule has 0 aliphatic carbocycles. The maximum absolute atomic E-state index is 12.9. The second-order valence-corrected chi connectivity index (χ2v) is 7.64. The largest absolute Gasteiger partial charge is 0.438 e. The summed E-state index contributed by atoms with van der Waals surface area (Å²) < 4.78 is 7.18. The van der Waals surface area contributed by atoms with Gasteiger partial charge in [0.15, 0.2) is 6.39 Å². The molecule has 1 fully saturated rings. The van der Waals surface area contributed by atoms with Gasteiger partial charge in [0, 0.05) is 55.3 Å². The van der Waals surface area contributed by atoms with Crippen LogP contribution in [-0.4, -0.2) is 38.4 Å². The third-order valence-electron chi connectivity index (χ3n) is 5.78. The van der Waals surface area contributed by atoms with E-state index in [1.165, 1.54) is 6.39 Å². The van der Waals surface area contributed by atoms with E-state index in [9.17, 15) is 9.59 Å². The molecule has 0 spiro atoms. The number of likely N-dealkylation sites (tertiary alicyclic amines) is 1. The van der Waals surface area contributed by atoms with Crippen LogP contribution in [-0.2, 0) is 6.54 Å². The summed E-state index contributed by atoms with van der Waals surface area (Å²) in [6, 6.07) is 7.58. The molecule has 5 rings (SSSR count). The molecule has 5 heterocycles. The quantitative estimate of drug-likeness (QED) is 0.686.